The number of fused-ring (bicyclic) bond motifs is 1. The van der Waals surface area contributed by atoms with Gasteiger partial charge >= 0.3 is 0 Å². The van der Waals surface area contributed by atoms with Crippen molar-refractivity contribution in [2.24, 2.45) is 0 Å². The van der Waals surface area contributed by atoms with Crippen molar-refractivity contribution in [1.82, 2.24) is 14.6 Å². The summed E-state index contributed by atoms with van der Waals surface area (Å²) in [7, 11) is 1.60. The molecule has 0 bridgehead atoms. The van der Waals surface area contributed by atoms with E-state index in [0.29, 0.717) is 5.88 Å². The van der Waals surface area contributed by atoms with Crippen molar-refractivity contribution in [2.75, 3.05) is 7.11 Å². The molecule has 2 heterocycles. The third-order valence-electron chi connectivity index (χ3n) is 2.62. The fourth-order valence-corrected chi connectivity index (χ4v) is 1.77. The van der Waals surface area contributed by atoms with Crippen LogP contribution < -0.4 is 4.74 Å². The second kappa shape index (κ2) is 3.90. The standard InChI is InChI=1S/C13H11N3O/c1-17-13-8-7-12-14-9-11(16(12)15-13)10-5-3-2-4-6-10/h2-9H,1H3. The summed E-state index contributed by atoms with van der Waals surface area (Å²) in [5.74, 6) is 0.577. The van der Waals surface area contributed by atoms with Gasteiger partial charge in [0.25, 0.3) is 0 Å². The molecule has 0 aliphatic carbocycles. The first-order valence-corrected chi connectivity index (χ1v) is 5.33. The molecule has 0 N–H and O–H groups in total. The minimum Gasteiger partial charge on any atom is -0.480 e. The van der Waals surface area contributed by atoms with Crippen LogP contribution in [0.3, 0.4) is 0 Å². The van der Waals surface area contributed by atoms with Gasteiger partial charge in [-0.3, -0.25) is 0 Å². The highest BCUT2D eigenvalue weighted by Gasteiger charge is 2.07. The summed E-state index contributed by atoms with van der Waals surface area (Å²) in [4.78, 5) is 4.32. The van der Waals surface area contributed by atoms with Crippen molar-refractivity contribution >= 4 is 5.65 Å². The summed E-state index contributed by atoms with van der Waals surface area (Å²) >= 11 is 0. The van der Waals surface area contributed by atoms with Crippen LogP contribution in [-0.4, -0.2) is 21.7 Å². The maximum Gasteiger partial charge on any atom is 0.231 e. The van der Waals surface area contributed by atoms with E-state index in [2.05, 4.69) is 10.1 Å². The number of benzene rings is 1. The Morgan fingerprint density at radius 3 is 2.65 bits per heavy atom. The SMILES string of the molecule is COc1ccc2ncc(-c3ccccc3)n2n1. The van der Waals surface area contributed by atoms with Crippen LogP contribution >= 0.6 is 0 Å². The predicted octanol–water partition coefficient (Wildman–Crippen LogP) is 2.40. The molecule has 0 fully saturated rings. The monoisotopic (exact) mass is 225 g/mol. The summed E-state index contributed by atoms with van der Waals surface area (Å²) in [6, 6.07) is 13.7. The van der Waals surface area contributed by atoms with Crippen LogP contribution in [0, 0.1) is 0 Å². The topological polar surface area (TPSA) is 39.4 Å². The highest BCUT2D eigenvalue weighted by molar-refractivity contribution is 5.62. The molecule has 0 aliphatic rings. The molecule has 0 unspecified atom stereocenters. The van der Waals surface area contributed by atoms with E-state index < -0.39 is 0 Å². The zero-order chi connectivity index (χ0) is 11.7. The van der Waals surface area contributed by atoms with E-state index in [9.17, 15) is 0 Å². The number of hydrogen-bond donors (Lipinski definition) is 0. The van der Waals surface area contributed by atoms with Gasteiger partial charge in [0.1, 0.15) is 0 Å². The Kier molecular flexibility index (Phi) is 2.26. The van der Waals surface area contributed by atoms with Crippen LogP contribution in [-0.2, 0) is 0 Å². The van der Waals surface area contributed by atoms with Crippen LogP contribution in [0.15, 0.2) is 48.7 Å². The number of hydrogen-bond acceptors (Lipinski definition) is 3. The van der Waals surface area contributed by atoms with Gasteiger partial charge in [-0.25, -0.2) is 9.50 Å². The average Bonchev–Trinajstić information content (AvgIpc) is 2.82. The molecule has 3 rings (SSSR count). The highest BCUT2D eigenvalue weighted by atomic mass is 16.5. The summed E-state index contributed by atoms with van der Waals surface area (Å²) in [6.45, 7) is 0. The van der Waals surface area contributed by atoms with E-state index in [1.165, 1.54) is 0 Å². The molecule has 0 radical (unpaired) electrons. The number of nitrogens with zero attached hydrogens (tertiary/aromatic N) is 3. The first-order chi connectivity index (χ1) is 8.38. The summed E-state index contributed by atoms with van der Waals surface area (Å²) < 4.78 is 6.91. The normalized spacial score (nSPS) is 10.6. The molecule has 0 aliphatic heterocycles. The Labute approximate surface area is 98.5 Å². The molecular formula is C13H11N3O. The summed E-state index contributed by atoms with van der Waals surface area (Å²) in [5.41, 5.74) is 2.85. The van der Waals surface area contributed by atoms with Gasteiger partial charge < -0.3 is 4.74 Å². The second-order valence-electron chi connectivity index (χ2n) is 3.66. The van der Waals surface area contributed by atoms with Crippen LogP contribution in [0.25, 0.3) is 16.9 Å². The Morgan fingerprint density at radius 1 is 1.06 bits per heavy atom. The molecule has 0 saturated carbocycles. The third kappa shape index (κ3) is 1.63. The minimum absolute atomic E-state index is 0.577. The van der Waals surface area contributed by atoms with E-state index in [-0.39, 0.29) is 0 Å². The van der Waals surface area contributed by atoms with Crippen LogP contribution in [0.5, 0.6) is 5.88 Å². The quantitative estimate of drug-likeness (QED) is 0.672. The van der Waals surface area contributed by atoms with Gasteiger partial charge in [-0.05, 0) is 6.07 Å². The first-order valence-electron chi connectivity index (χ1n) is 5.33. The van der Waals surface area contributed by atoms with E-state index in [1.54, 1.807) is 17.7 Å². The Bertz CT molecular complexity index is 646. The molecule has 3 aromatic rings. The van der Waals surface area contributed by atoms with Crippen LogP contribution in [0.1, 0.15) is 0 Å². The third-order valence-corrected chi connectivity index (χ3v) is 2.62. The van der Waals surface area contributed by atoms with Crippen LogP contribution in [0.4, 0.5) is 0 Å². The molecule has 0 atom stereocenters. The molecule has 4 heteroatoms. The van der Waals surface area contributed by atoms with Crippen molar-refractivity contribution in [3.05, 3.63) is 48.7 Å². The summed E-state index contributed by atoms with van der Waals surface area (Å²) in [5, 5.41) is 4.36. The molecule has 0 amide bonds. The van der Waals surface area contributed by atoms with Gasteiger partial charge in [0, 0.05) is 11.6 Å². The Balaban J connectivity index is 2.23. The van der Waals surface area contributed by atoms with Gasteiger partial charge in [-0.1, -0.05) is 30.3 Å². The molecule has 84 valence electrons. The second-order valence-corrected chi connectivity index (χ2v) is 3.66. The highest BCUT2D eigenvalue weighted by Crippen LogP contribution is 2.20. The molecule has 17 heavy (non-hydrogen) atoms. The van der Waals surface area contributed by atoms with E-state index >= 15 is 0 Å². The predicted molar refractivity (Wildman–Crippen MR) is 65.0 cm³/mol. The maximum atomic E-state index is 5.12. The maximum absolute atomic E-state index is 5.12. The van der Waals surface area contributed by atoms with Crippen molar-refractivity contribution in [3.63, 3.8) is 0 Å². The molecular weight excluding hydrogens is 214 g/mol. The lowest BCUT2D eigenvalue weighted by atomic mass is 10.2. The smallest absolute Gasteiger partial charge is 0.231 e. The van der Waals surface area contributed by atoms with Gasteiger partial charge in [0.05, 0.1) is 19.0 Å². The Morgan fingerprint density at radius 2 is 1.88 bits per heavy atom. The van der Waals surface area contributed by atoms with Crippen molar-refractivity contribution in [1.29, 1.82) is 0 Å². The molecule has 4 nitrogen and oxygen atoms in total. The van der Waals surface area contributed by atoms with Gasteiger partial charge in [0.2, 0.25) is 5.88 Å². The molecule has 0 spiro atoms. The van der Waals surface area contributed by atoms with Crippen LogP contribution in [0.2, 0.25) is 0 Å². The lowest BCUT2D eigenvalue weighted by Gasteiger charge is -2.02. The Hall–Kier alpha value is -2.36. The first kappa shape index (κ1) is 9.84. The lowest BCUT2D eigenvalue weighted by molar-refractivity contribution is 0.390. The van der Waals surface area contributed by atoms with Crippen molar-refractivity contribution in [2.45, 2.75) is 0 Å². The fraction of sp³-hybridized carbons (Fsp3) is 0.0769. The summed E-state index contributed by atoms with van der Waals surface area (Å²) in [6.07, 6.45) is 1.82. The minimum atomic E-state index is 0.577. The lowest BCUT2D eigenvalue weighted by Crippen LogP contribution is -1.97. The average molecular weight is 225 g/mol. The fourth-order valence-electron chi connectivity index (χ4n) is 1.77. The van der Waals surface area contributed by atoms with Gasteiger partial charge in [0.15, 0.2) is 5.65 Å². The number of ether oxygens (including phenoxy) is 1. The number of aromatic nitrogens is 3. The van der Waals surface area contributed by atoms with Crippen molar-refractivity contribution in [3.8, 4) is 17.1 Å². The van der Waals surface area contributed by atoms with E-state index in [4.69, 9.17) is 4.74 Å². The van der Waals surface area contributed by atoms with E-state index in [0.717, 1.165) is 16.9 Å². The molecule has 1 aromatic carbocycles. The van der Waals surface area contributed by atoms with Gasteiger partial charge in [-0.2, -0.15) is 0 Å². The molecule has 2 aromatic heterocycles. The van der Waals surface area contributed by atoms with E-state index in [1.807, 2.05) is 42.6 Å². The van der Waals surface area contributed by atoms with Crippen molar-refractivity contribution < 1.29 is 4.74 Å². The zero-order valence-electron chi connectivity index (χ0n) is 9.37. The number of rotatable bonds is 2. The molecule has 0 saturated heterocycles. The number of imidazole rings is 1. The van der Waals surface area contributed by atoms with Gasteiger partial charge in [-0.15, -0.1) is 5.10 Å². The largest absolute Gasteiger partial charge is 0.480 e. The zero-order valence-corrected chi connectivity index (χ0v) is 9.37. The number of methoxy groups -OCH3 is 1.